The van der Waals surface area contributed by atoms with Gasteiger partial charge in [0.15, 0.2) is 0 Å². The molecule has 3 heteroatoms. The van der Waals surface area contributed by atoms with Crippen LogP contribution < -0.4 is 11.3 Å². The first-order valence-corrected chi connectivity index (χ1v) is 6.74. The molecule has 0 radical (unpaired) electrons. The van der Waals surface area contributed by atoms with Gasteiger partial charge >= 0.3 is 0 Å². The Balaban J connectivity index is 2.74. The molecule has 0 fully saturated rings. The molecule has 1 aromatic heterocycles. The van der Waals surface area contributed by atoms with E-state index in [9.17, 15) is 0 Å². The number of nitrogens with two attached hydrogens (primary N) is 1. The van der Waals surface area contributed by atoms with E-state index in [0.717, 1.165) is 6.42 Å². The molecule has 1 aromatic rings. The molecule has 0 aliphatic carbocycles. The second-order valence-corrected chi connectivity index (χ2v) is 6.77. The molecular weight excluding hydrogens is 216 g/mol. The maximum atomic E-state index is 5.68. The van der Waals surface area contributed by atoms with Crippen LogP contribution in [0.2, 0.25) is 0 Å². The van der Waals surface area contributed by atoms with Gasteiger partial charge in [-0.1, -0.05) is 27.7 Å². The SMILES string of the molecule is Cc1sccc1C(CC(C)C(C)(C)C)NN. The van der Waals surface area contributed by atoms with Crippen LogP contribution in [0.15, 0.2) is 11.4 Å². The quantitative estimate of drug-likeness (QED) is 0.623. The van der Waals surface area contributed by atoms with Crippen LogP contribution in [0.25, 0.3) is 0 Å². The normalized spacial score (nSPS) is 16.1. The van der Waals surface area contributed by atoms with Crippen LogP contribution in [0.1, 0.15) is 50.6 Å². The Morgan fingerprint density at radius 3 is 2.44 bits per heavy atom. The fraction of sp³-hybridized carbons (Fsp3) is 0.692. The zero-order valence-electron chi connectivity index (χ0n) is 11.0. The first-order chi connectivity index (χ1) is 7.36. The molecule has 2 nitrogen and oxygen atoms in total. The van der Waals surface area contributed by atoms with Crippen LogP contribution in [0.4, 0.5) is 0 Å². The summed E-state index contributed by atoms with van der Waals surface area (Å²) in [6.07, 6.45) is 1.08. The average Bonchev–Trinajstić information content (AvgIpc) is 2.59. The van der Waals surface area contributed by atoms with Gasteiger partial charge in [-0.05, 0) is 41.7 Å². The zero-order chi connectivity index (χ0) is 12.3. The highest BCUT2D eigenvalue weighted by molar-refractivity contribution is 7.10. The lowest BCUT2D eigenvalue weighted by molar-refractivity contribution is 0.223. The summed E-state index contributed by atoms with van der Waals surface area (Å²) < 4.78 is 0. The summed E-state index contributed by atoms with van der Waals surface area (Å²) in [5.74, 6) is 6.31. The van der Waals surface area contributed by atoms with Crippen LogP contribution in [0.5, 0.6) is 0 Å². The van der Waals surface area contributed by atoms with Gasteiger partial charge in [-0.2, -0.15) is 0 Å². The maximum absolute atomic E-state index is 5.68. The molecule has 0 spiro atoms. The van der Waals surface area contributed by atoms with Crippen molar-refractivity contribution >= 4 is 11.3 Å². The molecule has 2 unspecified atom stereocenters. The van der Waals surface area contributed by atoms with Crippen molar-refractivity contribution < 1.29 is 0 Å². The summed E-state index contributed by atoms with van der Waals surface area (Å²) in [6, 6.07) is 2.46. The molecule has 1 rings (SSSR count). The van der Waals surface area contributed by atoms with Crippen LogP contribution in [-0.2, 0) is 0 Å². The molecule has 0 aliphatic rings. The van der Waals surface area contributed by atoms with E-state index >= 15 is 0 Å². The minimum Gasteiger partial charge on any atom is -0.271 e. The largest absolute Gasteiger partial charge is 0.271 e. The third-order valence-corrected chi connectivity index (χ3v) is 4.40. The topological polar surface area (TPSA) is 38.0 Å². The van der Waals surface area contributed by atoms with Crippen molar-refractivity contribution in [2.75, 3.05) is 0 Å². The molecule has 2 atom stereocenters. The van der Waals surface area contributed by atoms with Crippen LogP contribution in [-0.4, -0.2) is 0 Å². The Labute approximate surface area is 103 Å². The first-order valence-electron chi connectivity index (χ1n) is 5.86. The summed E-state index contributed by atoms with van der Waals surface area (Å²) >= 11 is 1.79. The van der Waals surface area contributed by atoms with Crippen molar-refractivity contribution in [3.8, 4) is 0 Å². The van der Waals surface area contributed by atoms with Gasteiger partial charge in [0, 0.05) is 10.9 Å². The molecule has 0 aliphatic heterocycles. The fourth-order valence-corrected chi connectivity index (χ4v) is 2.51. The zero-order valence-corrected chi connectivity index (χ0v) is 11.8. The van der Waals surface area contributed by atoms with Crippen molar-refractivity contribution in [1.29, 1.82) is 0 Å². The minimum atomic E-state index is 0.278. The van der Waals surface area contributed by atoms with Crippen LogP contribution in [0, 0.1) is 18.3 Å². The van der Waals surface area contributed by atoms with Crippen molar-refractivity contribution in [1.82, 2.24) is 5.43 Å². The predicted octanol–water partition coefficient (Wildman–Crippen LogP) is 3.63. The second-order valence-electron chi connectivity index (χ2n) is 5.65. The van der Waals surface area contributed by atoms with Gasteiger partial charge in [0.2, 0.25) is 0 Å². The molecule has 0 amide bonds. The smallest absolute Gasteiger partial charge is 0.0473 e. The molecule has 0 aromatic carbocycles. The van der Waals surface area contributed by atoms with E-state index in [1.165, 1.54) is 10.4 Å². The Hall–Kier alpha value is -0.380. The number of hydrogen-bond donors (Lipinski definition) is 2. The number of nitrogens with one attached hydrogen (secondary N) is 1. The molecule has 0 saturated carbocycles. The lowest BCUT2D eigenvalue weighted by Crippen LogP contribution is -2.32. The number of aryl methyl sites for hydroxylation is 1. The molecular formula is C13H24N2S. The van der Waals surface area contributed by atoms with Crippen LogP contribution in [0.3, 0.4) is 0 Å². The van der Waals surface area contributed by atoms with Crippen molar-refractivity contribution in [2.45, 2.75) is 47.1 Å². The van der Waals surface area contributed by atoms with Gasteiger partial charge in [0.05, 0.1) is 0 Å². The fourth-order valence-electron chi connectivity index (χ4n) is 1.75. The lowest BCUT2D eigenvalue weighted by Gasteiger charge is -2.30. The molecule has 16 heavy (non-hydrogen) atoms. The van der Waals surface area contributed by atoms with Crippen molar-refractivity contribution in [3.63, 3.8) is 0 Å². The molecule has 1 heterocycles. The van der Waals surface area contributed by atoms with E-state index < -0.39 is 0 Å². The van der Waals surface area contributed by atoms with Gasteiger partial charge in [-0.15, -0.1) is 11.3 Å². The highest BCUT2D eigenvalue weighted by Crippen LogP contribution is 2.34. The van der Waals surface area contributed by atoms with E-state index in [1.807, 2.05) is 0 Å². The molecule has 3 N–H and O–H groups in total. The maximum Gasteiger partial charge on any atom is 0.0473 e. The number of rotatable bonds is 4. The van der Waals surface area contributed by atoms with E-state index in [-0.39, 0.29) is 6.04 Å². The number of hydrogen-bond acceptors (Lipinski definition) is 3. The Kier molecular flexibility index (Phi) is 4.53. The summed E-state index contributed by atoms with van der Waals surface area (Å²) in [6.45, 7) is 11.3. The average molecular weight is 240 g/mol. The Morgan fingerprint density at radius 2 is 2.06 bits per heavy atom. The van der Waals surface area contributed by atoms with Gasteiger partial charge in [0.1, 0.15) is 0 Å². The molecule has 0 saturated heterocycles. The van der Waals surface area contributed by atoms with E-state index in [1.54, 1.807) is 11.3 Å². The second kappa shape index (κ2) is 5.30. The lowest BCUT2D eigenvalue weighted by atomic mass is 9.78. The Bertz CT molecular complexity index is 325. The van der Waals surface area contributed by atoms with Gasteiger partial charge in [-0.3, -0.25) is 11.3 Å². The summed E-state index contributed by atoms with van der Waals surface area (Å²) in [7, 11) is 0. The molecule has 0 bridgehead atoms. The summed E-state index contributed by atoms with van der Waals surface area (Å²) in [5, 5.41) is 2.14. The minimum absolute atomic E-state index is 0.278. The molecule has 92 valence electrons. The number of hydrazine groups is 1. The summed E-state index contributed by atoms with van der Waals surface area (Å²) in [4.78, 5) is 1.36. The summed E-state index contributed by atoms with van der Waals surface area (Å²) in [5.41, 5.74) is 4.64. The van der Waals surface area contributed by atoms with Gasteiger partial charge in [-0.25, -0.2) is 0 Å². The van der Waals surface area contributed by atoms with E-state index in [4.69, 9.17) is 5.84 Å². The van der Waals surface area contributed by atoms with Crippen LogP contribution >= 0.6 is 11.3 Å². The van der Waals surface area contributed by atoms with E-state index in [2.05, 4.69) is 51.5 Å². The van der Waals surface area contributed by atoms with E-state index in [0.29, 0.717) is 11.3 Å². The highest BCUT2D eigenvalue weighted by atomic mass is 32.1. The van der Waals surface area contributed by atoms with Gasteiger partial charge in [0.25, 0.3) is 0 Å². The monoisotopic (exact) mass is 240 g/mol. The number of thiophene rings is 1. The standard InChI is InChI=1S/C13H24N2S/c1-9(13(3,4)5)8-12(15-14)11-6-7-16-10(11)2/h6-7,9,12,15H,8,14H2,1-5H3. The predicted molar refractivity (Wildman–Crippen MR) is 72.4 cm³/mol. The Morgan fingerprint density at radius 1 is 1.44 bits per heavy atom. The highest BCUT2D eigenvalue weighted by Gasteiger charge is 2.24. The first kappa shape index (κ1) is 13.7. The van der Waals surface area contributed by atoms with Gasteiger partial charge < -0.3 is 0 Å². The van der Waals surface area contributed by atoms with Crippen molar-refractivity contribution in [3.05, 3.63) is 21.9 Å². The third-order valence-electron chi connectivity index (χ3n) is 3.54. The van der Waals surface area contributed by atoms with Crippen molar-refractivity contribution in [2.24, 2.45) is 17.2 Å². The third kappa shape index (κ3) is 3.30.